The first kappa shape index (κ1) is 28.8. The van der Waals surface area contributed by atoms with Crippen molar-refractivity contribution in [3.05, 3.63) is 124 Å². The second kappa shape index (κ2) is 12.9. The average Bonchev–Trinajstić information content (AvgIpc) is 3.33. The zero-order valence-corrected chi connectivity index (χ0v) is 23.0. The summed E-state index contributed by atoms with van der Waals surface area (Å²) in [5.41, 5.74) is 5.41. The van der Waals surface area contributed by atoms with Crippen molar-refractivity contribution in [1.29, 1.82) is 0 Å². The minimum absolute atomic E-state index is 0.0889. The van der Waals surface area contributed by atoms with Crippen molar-refractivity contribution >= 4 is 29.5 Å². The van der Waals surface area contributed by atoms with Crippen molar-refractivity contribution in [2.45, 2.75) is 25.5 Å². The molecule has 1 atom stereocenters. The minimum atomic E-state index is -0.973. The first-order chi connectivity index (χ1) is 20.8. The molecule has 5 rings (SSSR count). The Bertz CT molecular complexity index is 1610. The number of hydrogen-bond donors (Lipinski definition) is 2. The van der Waals surface area contributed by atoms with Crippen LogP contribution < -0.4 is 15.4 Å². The standard InChI is InChI=1S/C32H27N3O8/c1-20(33-31(37)41-19-29-27-8-4-2-6-25(27)26-7-3-5-9-28(26)29)30(36)34-22-12-10-21(11-13-22)18-42-32(38)43-24-16-14-23(15-17-24)35(39)40/h2-17,20,29H,18-19H2,1H3,(H,33,37)(H,34,36)/t20-/m0/s1. The Balaban J connectivity index is 1.06. The van der Waals surface area contributed by atoms with Gasteiger partial charge in [0.1, 0.15) is 25.0 Å². The number of nitro groups is 1. The molecule has 1 aliphatic rings. The maximum atomic E-state index is 12.7. The van der Waals surface area contributed by atoms with Gasteiger partial charge in [-0.1, -0.05) is 60.7 Å². The SMILES string of the molecule is C[C@H](NC(=O)OCC1c2ccccc2-c2ccccc21)C(=O)Nc1ccc(COC(=O)Oc2ccc([N+](=O)[O-])cc2)cc1. The first-order valence-electron chi connectivity index (χ1n) is 13.4. The van der Waals surface area contributed by atoms with Gasteiger partial charge in [0.2, 0.25) is 5.91 Å². The van der Waals surface area contributed by atoms with Crippen molar-refractivity contribution in [2.24, 2.45) is 0 Å². The van der Waals surface area contributed by atoms with Crippen molar-refractivity contribution in [2.75, 3.05) is 11.9 Å². The highest BCUT2D eigenvalue weighted by Gasteiger charge is 2.29. The highest BCUT2D eigenvalue weighted by Crippen LogP contribution is 2.44. The fourth-order valence-corrected chi connectivity index (χ4v) is 4.72. The third-order valence-electron chi connectivity index (χ3n) is 6.90. The molecule has 43 heavy (non-hydrogen) atoms. The fourth-order valence-electron chi connectivity index (χ4n) is 4.72. The molecular weight excluding hydrogens is 554 g/mol. The van der Waals surface area contributed by atoms with Crippen molar-refractivity contribution in [3.8, 4) is 16.9 Å². The molecule has 1 aliphatic carbocycles. The number of rotatable bonds is 9. The lowest BCUT2D eigenvalue weighted by Crippen LogP contribution is -2.42. The van der Waals surface area contributed by atoms with Gasteiger partial charge in [0.05, 0.1) is 4.92 Å². The van der Waals surface area contributed by atoms with Gasteiger partial charge in [-0.05, 0) is 59.0 Å². The zero-order valence-electron chi connectivity index (χ0n) is 23.0. The van der Waals surface area contributed by atoms with E-state index in [0.717, 1.165) is 22.3 Å². The predicted molar refractivity (Wildman–Crippen MR) is 157 cm³/mol. The Morgan fingerprint density at radius 2 is 1.44 bits per heavy atom. The number of anilines is 1. The normalized spacial score (nSPS) is 12.3. The number of nitro benzene ring substituents is 1. The first-order valence-corrected chi connectivity index (χ1v) is 13.4. The number of nitrogens with zero attached hydrogens (tertiary/aromatic N) is 1. The van der Waals surface area contributed by atoms with Crippen molar-refractivity contribution in [1.82, 2.24) is 5.32 Å². The third-order valence-corrected chi connectivity index (χ3v) is 6.90. The maximum absolute atomic E-state index is 12.7. The molecule has 0 heterocycles. The van der Waals surface area contributed by atoms with Crippen LogP contribution in [0.15, 0.2) is 97.1 Å². The molecule has 0 radical (unpaired) electrons. The summed E-state index contributed by atoms with van der Waals surface area (Å²) in [4.78, 5) is 47.3. The molecule has 0 unspecified atom stereocenters. The molecule has 0 saturated carbocycles. The number of nitrogens with one attached hydrogen (secondary N) is 2. The van der Waals surface area contributed by atoms with Crippen LogP contribution in [0.1, 0.15) is 29.5 Å². The van der Waals surface area contributed by atoms with Gasteiger partial charge in [-0.15, -0.1) is 0 Å². The monoisotopic (exact) mass is 581 g/mol. The highest BCUT2D eigenvalue weighted by molar-refractivity contribution is 5.96. The van der Waals surface area contributed by atoms with Gasteiger partial charge in [-0.2, -0.15) is 0 Å². The molecule has 4 aromatic rings. The van der Waals surface area contributed by atoms with Gasteiger partial charge in [0, 0.05) is 23.7 Å². The van der Waals surface area contributed by atoms with Crippen LogP contribution in [0.2, 0.25) is 0 Å². The number of benzene rings is 4. The van der Waals surface area contributed by atoms with E-state index in [0.29, 0.717) is 11.3 Å². The topological polar surface area (TPSA) is 146 Å². The van der Waals surface area contributed by atoms with E-state index in [2.05, 4.69) is 22.8 Å². The average molecular weight is 582 g/mol. The molecule has 11 heteroatoms. The largest absolute Gasteiger partial charge is 0.514 e. The third kappa shape index (κ3) is 6.96. The maximum Gasteiger partial charge on any atom is 0.514 e. The van der Waals surface area contributed by atoms with Crippen LogP contribution >= 0.6 is 0 Å². The second-order valence-corrected chi connectivity index (χ2v) is 9.77. The van der Waals surface area contributed by atoms with Gasteiger partial charge in [-0.3, -0.25) is 14.9 Å². The van der Waals surface area contributed by atoms with Crippen LogP contribution in [0.5, 0.6) is 5.75 Å². The van der Waals surface area contributed by atoms with Gasteiger partial charge in [0.25, 0.3) is 5.69 Å². The van der Waals surface area contributed by atoms with E-state index in [4.69, 9.17) is 14.2 Å². The molecule has 0 spiro atoms. The number of carbonyl (C=O) groups excluding carboxylic acids is 3. The summed E-state index contributed by atoms with van der Waals surface area (Å²) in [6, 6.07) is 26.7. The summed E-state index contributed by atoms with van der Waals surface area (Å²) in [5, 5.41) is 16.0. The number of alkyl carbamates (subject to hydrolysis) is 1. The molecule has 0 fully saturated rings. The Morgan fingerprint density at radius 1 is 0.837 bits per heavy atom. The molecule has 0 bridgehead atoms. The molecule has 0 saturated heterocycles. The molecule has 2 amide bonds. The molecule has 0 aliphatic heterocycles. The summed E-state index contributed by atoms with van der Waals surface area (Å²) >= 11 is 0. The van der Waals surface area contributed by atoms with Crippen LogP contribution in [-0.4, -0.2) is 35.7 Å². The lowest BCUT2D eigenvalue weighted by molar-refractivity contribution is -0.384. The van der Waals surface area contributed by atoms with Gasteiger partial charge < -0.3 is 24.8 Å². The second-order valence-electron chi connectivity index (χ2n) is 9.77. The van der Waals surface area contributed by atoms with Crippen LogP contribution in [0.3, 0.4) is 0 Å². The predicted octanol–water partition coefficient (Wildman–Crippen LogP) is 6.18. The lowest BCUT2D eigenvalue weighted by atomic mass is 9.98. The van der Waals surface area contributed by atoms with Crippen LogP contribution in [0.4, 0.5) is 21.0 Å². The minimum Gasteiger partial charge on any atom is -0.449 e. The van der Waals surface area contributed by atoms with Crippen LogP contribution in [-0.2, 0) is 20.9 Å². The fraction of sp³-hybridized carbons (Fsp3) is 0.156. The lowest BCUT2D eigenvalue weighted by Gasteiger charge is -2.17. The molecule has 0 aromatic heterocycles. The van der Waals surface area contributed by atoms with Gasteiger partial charge in [0.15, 0.2) is 0 Å². The summed E-state index contributed by atoms with van der Waals surface area (Å²) < 4.78 is 15.6. The summed E-state index contributed by atoms with van der Waals surface area (Å²) in [6.07, 6.45) is -1.67. The zero-order chi connectivity index (χ0) is 30.3. The van der Waals surface area contributed by atoms with E-state index in [1.54, 1.807) is 31.2 Å². The summed E-state index contributed by atoms with van der Waals surface area (Å²) in [7, 11) is 0. The van der Waals surface area contributed by atoms with E-state index in [1.807, 2.05) is 36.4 Å². The number of amides is 2. The highest BCUT2D eigenvalue weighted by atomic mass is 16.7. The summed E-state index contributed by atoms with van der Waals surface area (Å²) in [6.45, 7) is 1.59. The van der Waals surface area contributed by atoms with Gasteiger partial charge in [-0.25, -0.2) is 9.59 Å². The van der Waals surface area contributed by atoms with Crippen molar-refractivity contribution < 1.29 is 33.5 Å². The number of hydrogen-bond acceptors (Lipinski definition) is 8. The van der Waals surface area contributed by atoms with Gasteiger partial charge >= 0.3 is 12.2 Å². The Kier molecular flexibility index (Phi) is 8.61. The molecular formula is C32H27N3O8. The Morgan fingerprint density at radius 3 is 2.05 bits per heavy atom. The smallest absolute Gasteiger partial charge is 0.449 e. The quantitative estimate of drug-likeness (QED) is 0.103. The molecule has 11 nitrogen and oxygen atoms in total. The molecule has 218 valence electrons. The van der Waals surface area contributed by atoms with E-state index >= 15 is 0 Å². The number of fused-ring (bicyclic) bond motifs is 3. The molecule has 4 aromatic carbocycles. The Hall–Kier alpha value is -5.71. The number of ether oxygens (including phenoxy) is 3. The van der Waals surface area contributed by atoms with E-state index in [-0.39, 0.29) is 30.6 Å². The van der Waals surface area contributed by atoms with E-state index < -0.39 is 29.1 Å². The number of carbonyl (C=O) groups is 3. The Labute approximate surface area is 246 Å². The molecule has 2 N–H and O–H groups in total. The number of non-ortho nitro benzene ring substituents is 1. The van der Waals surface area contributed by atoms with Crippen LogP contribution in [0.25, 0.3) is 11.1 Å². The van der Waals surface area contributed by atoms with E-state index in [1.165, 1.54) is 24.3 Å². The van der Waals surface area contributed by atoms with Crippen LogP contribution in [0, 0.1) is 10.1 Å². The van der Waals surface area contributed by atoms with Crippen molar-refractivity contribution in [3.63, 3.8) is 0 Å². The summed E-state index contributed by atoms with van der Waals surface area (Å²) in [5.74, 6) is -0.424. The van der Waals surface area contributed by atoms with E-state index in [9.17, 15) is 24.5 Å².